The summed E-state index contributed by atoms with van der Waals surface area (Å²) < 4.78 is 16.3. The first kappa shape index (κ1) is 26.9. The Labute approximate surface area is 215 Å². The van der Waals surface area contributed by atoms with Crippen molar-refractivity contribution in [3.05, 3.63) is 62.6 Å². The van der Waals surface area contributed by atoms with Crippen molar-refractivity contribution in [2.75, 3.05) is 27.4 Å². The van der Waals surface area contributed by atoms with Crippen molar-refractivity contribution in [3.8, 4) is 11.5 Å². The van der Waals surface area contributed by atoms with Gasteiger partial charge in [-0.2, -0.15) is 0 Å². The van der Waals surface area contributed by atoms with Crippen LogP contribution in [-0.2, 0) is 20.7 Å². The zero-order chi connectivity index (χ0) is 25.9. The Morgan fingerprint density at radius 3 is 2.26 bits per heavy atom. The predicted octanol–water partition coefficient (Wildman–Crippen LogP) is 5.42. The second-order valence-corrected chi connectivity index (χ2v) is 9.08. The molecule has 0 spiro atoms. The van der Waals surface area contributed by atoms with Crippen molar-refractivity contribution in [3.63, 3.8) is 0 Å². The smallest absolute Gasteiger partial charge is 0.295 e. The van der Waals surface area contributed by atoms with E-state index in [1.807, 2.05) is 45.0 Å². The Bertz CT molecular complexity index is 1140. The standard InChI is InChI=1S/C26H29Cl2NO6/c1-6-15-7-9-16(10-8-15)21-19(23(31)26(32)29(21)11-12-35-14(2)3)22(30)17-13-18(27)25(34-5)20(28)24(17)33-4/h7-10,13-14,21,30H,6,11-12H2,1-5H3/b22-19+. The molecule has 1 N–H and O–H groups in total. The van der Waals surface area contributed by atoms with Crippen LogP contribution in [-0.4, -0.2) is 55.2 Å². The highest BCUT2D eigenvalue weighted by molar-refractivity contribution is 6.47. The topological polar surface area (TPSA) is 85.3 Å². The molecule has 1 aliphatic rings. The average molecular weight is 522 g/mol. The quantitative estimate of drug-likeness (QED) is 0.269. The molecule has 0 saturated carbocycles. The summed E-state index contributed by atoms with van der Waals surface area (Å²) in [6.07, 6.45) is 0.796. The van der Waals surface area contributed by atoms with E-state index in [4.69, 9.17) is 37.4 Å². The molecule has 9 heteroatoms. The van der Waals surface area contributed by atoms with Crippen molar-refractivity contribution in [2.24, 2.45) is 0 Å². The minimum absolute atomic E-state index is 0.0347. The number of carbonyl (C=O) groups excluding carboxylic acids is 2. The average Bonchev–Trinajstić information content (AvgIpc) is 3.08. The van der Waals surface area contributed by atoms with Gasteiger partial charge in [0.15, 0.2) is 11.5 Å². The lowest BCUT2D eigenvalue weighted by Crippen LogP contribution is -2.33. The molecule has 0 radical (unpaired) electrons. The van der Waals surface area contributed by atoms with Crippen LogP contribution in [0.2, 0.25) is 10.0 Å². The van der Waals surface area contributed by atoms with Crippen LogP contribution < -0.4 is 9.47 Å². The summed E-state index contributed by atoms with van der Waals surface area (Å²) in [6, 6.07) is 8.13. The van der Waals surface area contributed by atoms with E-state index in [-0.39, 0.29) is 51.9 Å². The highest BCUT2D eigenvalue weighted by atomic mass is 35.5. The lowest BCUT2D eigenvalue weighted by molar-refractivity contribution is -0.140. The molecule has 1 saturated heterocycles. The Balaban J connectivity index is 2.21. The molecule has 1 unspecified atom stereocenters. The molecule has 1 atom stereocenters. The van der Waals surface area contributed by atoms with Gasteiger partial charge in [-0.25, -0.2) is 0 Å². The van der Waals surface area contributed by atoms with Gasteiger partial charge in [0.2, 0.25) is 0 Å². The third-order valence-electron chi connectivity index (χ3n) is 5.82. The highest BCUT2D eigenvalue weighted by Crippen LogP contribution is 2.47. The fourth-order valence-electron chi connectivity index (χ4n) is 4.07. The van der Waals surface area contributed by atoms with E-state index in [9.17, 15) is 14.7 Å². The molecule has 1 amide bonds. The lowest BCUT2D eigenvalue weighted by atomic mass is 9.94. The van der Waals surface area contributed by atoms with Gasteiger partial charge in [0.25, 0.3) is 11.7 Å². The van der Waals surface area contributed by atoms with Gasteiger partial charge in [-0.05, 0) is 37.5 Å². The number of aryl methyl sites for hydroxylation is 1. The van der Waals surface area contributed by atoms with Gasteiger partial charge >= 0.3 is 0 Å². The number of ketones is 1. The number of hydrogen-bond acceptors (Lipinski definition) is 6. The van der Waals surface area contributed by atoms with Crippen LogP contribution in [0.25, 0.3) is 5.76 Å². The number of benzene rings is 2. The minimum Gasteiger partial charge on any atom is -0.507 e. The van der Waals surface area contributed by atoms with Crippen molar-refractivity contribution < 1.29 is 28.9 Å². The summed E-state index contributed by atoms with van der Waals surface area (Å²) in [7, 11) is 2.77. The molecule has 0 aromatic heterocycles. The molecule has 3 rings (SSSR count). The number of methoxy groups -OCH3 is 2. The number of ether oxygens (including phenoxy) is 3. The van der Waals surface area contributed by atoms with Crippen molar-refractivity contribution in [1.82, 2.24) is 4.90 Å². The summed E-state index contributed by atoms with van der Waals surface area (Å²) in [6.45, 7) is 6.21. The Morgan fingerprint density at radius 1 is 1.09 bits per heavy atom. The molecule has 0 bridgehead atoms. The maximum atomic E-state index is 13.2. The summed E-state index contributed by atoms with van der Waals surface area (Å²) in [4.78, 5) is 27.8. The van der Waals surface area contributed by atoms with Gasteiger partial charge < -0.3 is 24.2 Å². The third kappa shape index (κ3) is 5.27. The number of likely N-dealkylation sites (tertiary alicyclic amines) is 1. The largest absolute Gasteiger partial charge is 0.507 e. The maximum absolute atomic E-state index is 13.2. The predicted molar refractivity (Wildman–Crippen MR) is 135 cm³/mol. The lowest BCUT2D eigenvalue weighted by Gasteiger charge is -2.26. The van der Waals surface area contributed by atoms with Crippen molar-refractivity contribution >= 4 is 40.7 Å². The van der Waals surface area contributed by atoms with E-state index in [1.54, 1.807) is 0 Å². The first-order valence-electron chi connectivity index (χ1n) is 11.2. The molecular formula is C26H29Cl2NO6. The number of amides is 1. The minimum atomic E-state index is -0.832. The zero-order valence-electron chi connectivity index (χ0n) is 20.4. The SMILES string of the molecule is CCc1ccc(C2/C(=C(\O)c3cc(Cl)c(OC)c(Cl)c3OC)C(=O)C(=O)N2CCOC(C)C)cc1. The molecule has 1 fully saturated rings. The second kappa shape index (κ2) is 11.3. The zero-order valence-corrected chi connectivity index (χ0v) is 21.9. The van der Waals surface area contributed by atoms with Crippen LogP contribution in [0.5, 0.6) is 11.5 Å². The molecular weight excluding hydrogens is 493 g/mol. The van der Waals surface area contributed by atoms with Gasteiger partial charge in [-0.1, -0.05) is 54.4 Å². The van der Waals surface area contributed by atoms with Crippen molar-refractivity contribution in [1.29, 1.82) is 0 Å². The van der Waals surface area contributed by atoms with E-state index in [1.165, 1.54) is 25.2 Å². The maximum Gasteiger partial charge on any atom is 0.295 e. The van der Waals surface area contributed by atoms with E-state index in [0.717, 1.165) is 12.0 Å². The summed E-state index contributed by atoms with van der Waals surface area (Å²) in [5.41, 5.74) is 1.77. The number of halogens is 2. The Hall–Kier alpha value is -2.74. The summed E-state index contributed by atoms with van der Waals surface area (Å²) in [5, 5.41) is 11.6. The van der Waals surface area contributed by atoms with Crippen LogP contribution in [0.1, 0.15) is 43.5 Å². The summed E-state index contributed by atoms with van der Waals surface area (Å²) in [5.74, 6) is -1.75. The van der Waals surface area contributed by atoms with Crippen LogP contribution in [0.15, 0.2) is 35.9 Å². The van der Waals surface area contributed by atoms with Crippen LogP contribution in [0, 0.1) is 0 Å². The highest BCUT2D eigenvalue weighted by Gasteiger charge is 2.46. The Kier molecular flexibility index (Phi) is 8.70. The van der Waals surface area contributed by atoms with Gasteiger partial charge in [0.1, 0.15) is 10.8 Å². The number of aliphatic hydroxyl groups excluding tert-OH is 1. The van der Waals surface area contributed by atoms with Crippen LogP contribution >= 0.6 is 23.2 Å². The fourth-order valence-corrected chi connectivity index (χ4v) is 4.76. The normalized spacial score (nSPS) is 17.4. The molecule has 7 nitrogen and oxygen atoms in total. The molecule has 2 aromatic carbocycles. The summed E-state index contributed by atoms with van der Waals surface area (Å²) >= 11 is 12.7. The first-order chi connectivity index (χ1) is 16.7. The third-order valence-corrected chi connectivity index (χ3v) is 6.45. The molecule has 2 aromatic rings. The number of aliphatic hydroxyl groups is 1. The number of rotatable bonds is 9. The van der Waals surface area contributed by atoms with Crippen molar-refractivity contribution in [2.45, 2.75) is 39.3 Å². The van der Waals surface area contributed by atoms with E-state index >= 15 is 0 Å². The molecule has 35 heavy (non-hydrogen) atoms. The monoisotopic (exact) mass is 521 g/mol. The van der Waals surface area contributed by atoms with Gasteiger partial charge in [-0.3, -0.25) is 9.59 Å². The molecule has 0 aliphatic carbocycles. The molecule has 1 heterocycles. The van der Waals surface area contributed by atoms with E-state index in [0.29, 0.717) is 5.56 Å². The number of carbonyl (C=O) groups is 2. The fraction of sp³-hybridized carbons (Fsp3) is 0.385. The van der Waals surface area contributed by atoms with Gasteiger partial charge in [0, 0.05) is 6.54 Å². The number of nitrogens with zero attached hydrogens (tertiary/aromatic N) is 1. The van der Waals surface area contributed by atoms with E-state index < -0.39 is 23.5 Å². The van der Waals surface area contributed by atoms with Gasteiger partial charge in [0.05, 0.1) is 49.1 Å². The second-order valence-electron chi connectivity index (χ2n) is 8.29. The molecule has 1 aliphatic heterocycles. The number of hydrogen-bond donors (Lipinski definition) is 1. The van der Waals surface area contributed by atoms with E-state index in [2.05, 4.69) is 0 Å². The van der Waals surface area contributed by atoms with Gasteiger partial charge in [-0.15, -0.1) is 0 Å². The first-order valence-corrected chi connectivity index (χ1v) is 12.0. The number of Topliss-reactive ketones (excluding diaryl/α,β-unsaturated/α-hetero) is 1. The van der Waals surface area contributed by atoms with Crippen LogP contribution in [0.3, 0.4) is 0 Å². The Morgan fingerprint density at radius 2 is 1.71 bits per heavy atom. The van der Waals surface area contributed by atoms with Crippen LogP contribution in [0.4, 0.5) is 0 Å². The molecule has 188 valence electrons.